The van der Waals surface area contributed by atoms with Crippen molar-refractivity contribution in [3.63, 3.8) is 0 Å². The van der Waals surface area contributed by atoms with E-state index in [1.807, 2.05) is 6.92 Å². The third-order valence-corrected chi connectivity index (χ3v) is 3.80. The van der Waals surface area contributed by atoms with Gasteiger partial charge in [0.05, 0.1) is 7.11 Å². The highest BCUT2D eigenvalue weighted by atomic mass is 19.3. The molecule has 0 radical (unpaired) electrons. The Morgan fingerprint density at radius 3 is 2.50 bits per heavy atom. The number of rotatable bonds is 3. The van der Waals surface area contributed by atoms with Crippen molar-refractivity contribution in [2.75, 3.05) is 7.11 Å². The van der Waals surface area contributed by atoms with E-state index in [-0.39, 0.29) is 11.7 Å². The Balaban J connectivity index is 2.41. The van der Waals surface area contributed by atoms with Crippen LogP contribution >= 0.6 is 0 Å². The van der Waals surface area contributed by atoms with Crippen molar-refractivity contribution in [2.24, 2.45) is 5.92 Å². The number of ether oxygens (including phenoxy) is 2. The van der Waals surface area contributed by atoms with Crippen molar-refractivity contribution in [2.45, 2.75) is 39.2 Å². The molecule has 0 aromatic carbocycles. The molecular weight excluding hydrogens is 266 g/mol. The molecule has 0 bridgehead atoms. The Labute approximate surface area is 116 Å². The Bertz CT molecular complexity index is 481. The van der Waals surface area contributed by atoms with Crippen LogP contribution in [0.3, 0.4) is 0 Å². The van der Waals surface area contributed by atoms with Gasteiger partial charge in [0.2, 0.25) is 0 Å². The maximum atomic E-state index is 12.5. The number of allylic oxidation sites excluding steroid dienone is 4. The lowest BCUT2D eigenvalue weighted by Crippen LogP contribution is -2.20. The highest BCUT2D eigenvalue weighted by Crippen LogP contribution is 2.40. The van der Waals surface area contributed by atoms with E-state index < -0.39 is 12.6 Å². The van der Waals surface area contributed by atoms with Crippen LogP contribution in [0, 0.1) is 5.92 Å². The van der Waals surface area contributed by atoms with Gasteiger partial charge in [-0.25, -0.2) is 4.79 Å². The number of hydrogen-bond acceptors (Lipinski definition) is 3. The second-order valence-corrected chi connectivity index (χ2v) is 4.97. The molecule has 1 unspecified atom stereocenters. The molecular formula is C15H18F2O3. The molecule has 0 amide bonds. The van der Waals surface area contributed by atoms with Crippen molar-refractivity contribution in [3.05, 3.63) is 34.6 Å². The number of hydrogen-bond donors (Lipinski definition) is 0. The smallest absolute Gasteiger partial charge is 0.387 e. The third kappa shape index (κ3) is 2.92. The van der Waals surface area contributed by atoms with Crippen LogP contribution in [-0.4, -0.2) is 19.7 Å². The fourth-order valence-electron chi connectivity index (χ4n) is 2.88. The molecule has 0 aromatic heterocycles. The summed E-state index contributed by atoms with van der Waals surface area (Å²) in [5.41, 5.74) is 2.31. The maximum absolute atomic E-state index is 12.5. The molecule has 2 aliphatic carbocycles. The summed E-state index contributed by atoms with van der Waals surface area (Å²) < 4.78 is 34.4. The normalized spacial score (nSPS) is 22.8. The van der Waals surface area contributed by atoms with Gasteiger partial charge in [0.1, 0.15) is 5.76 Å². The second-order valence-electron chi connectivity index (χ2n) is 4.97. The van der Waals surface area contributed by atoms with Gasteiger partial charge in [-0.15, -0.1) is 0 Å². The van der Waals surface area contributed by atoms with Crippen molar-refractivity contribution in [1.82, 2.24) is 0 Å². The molecule has 0 aliphatic heterocycles. The molecule has 0 heterocycles. The zero-order chi connectivity index (χ0) is 14.7. The van der Waals surface area contributed by atoms with Gasteiger partial charge in [0.15, 0.2) is 0 Å². The van der Waals surface area contributed by atoms with Gasteiger partial charge in [-0.2, -0.15) is 8.78 Å². The first kappa shape index (κ1) is 14.8. The number of carbonyl (C=O) groups is 1. The molecule has 0 aromatic rings. The van der Waals surface area contributed by atoms with E-state index in [9.17, 15) is 13.6 Å². The Morgan fingerprint density at radius 1 is 1.30 bits per heavy atom. The average molecular weight is 284 g/mol. The Kier molecular flexibility index (Phi) is 4.57. The van der Waals surface area contributed by atoms with Crippen LogP contribution in [0.5, 0.6) is 0 Å². The van der Waals surface area contributed by atoms with Gasteiger partial charge in [-0.05, 0) is 37.8 Å². The van der Waals surface area contributed by atoms with Crippen molar-refractivity contribution < 1.29 is 23.0 Å². The summed E-state index contributed by atoms with van der Waals surface area (Å²) >= 11 is 0. The molecule has 0 spiro atoms. The fourth-order valence-corrected chi connectivity index (χ4v) is 2.88. The molecule has 1 fully saturated rings. The second kappa shape index (κ2) is 6.20. The van der Waals surface area contributed by atoms with E-state index in [1.165, 1.54) is 19.3 Å². The van der Waals surface area contributed by atoms with Crippen LogP contribution in [0.4, 0.5) is 8.78 Å². The molecule has 1 atom stereocenters. The number of halogens is 2. The van der Waals surface area contributed by atoms with Gasteiger partial charge in [-0.3, -0.25) is 0 Å². The van der Waals surface area contributed by atoms with Gasteiger partial charge in [-0.1, -0.05) is 12.5 Å². The fraction of sp³-hybridized carbons (Fsp3) is 0.533. The van der Waals surface area contributed by atoms with E-state index in [4.69, 9.17) is 4.74 Å². The molecule has 1 saturated carbocycles. The highest BCUT2D eigenvalue weighted by molar-refractivity contribution is 5.90. The average Bonchev–Trinajstić information content (AvgIpc) is 2.91. The predicted octanol–water partition coefficient (Wildman–Crippen LogP) is 3.73. The summed E-state index contributed by atoms with van der Waals surface area (Å²) in [6.45, 7) is -1.04. The van der Waals surface area contributed by atoms with E-state index in [0.29, 0.717) is 5.57 Å². The van der Waals surface area contributed by atoms with E-state index >= 15 is 0 Å². The summed E-state index contributed by atoms with van der Waals surface area (Å²) in [6, 6.07) is 0. The third-order valence-electron chi connectivity index (χ3n) is 3.80. The molecule has 0 N–H and O–H groups in total. The summed E-state index contributed by atoms with van der Waals surface area (Å²) in [5.74, 6) is -0.535. The van der Waals surface area contributed by atoms with E-state index in [1.54, 1.807) is 0 Å². The summed E-state index contributed by atoms with van der Waals surface area (Å²) in [6.07, 6.45) is 6.79. The standard InChI is InChI=1S/C15H18F2O3/c1-9-11(14(18)19-2)7-8-12(20-15(16)17)13(9)10-5-3-4-6-10/h7-9,15H,3-6H2,1-2H3. The molecule has 5 heteroatoms. The number of esters is 1. The first-order valence-corrected chi connectivity index (χ1v) is 6.72. The lowest BCUT2D eigenvalue weighted by molar-refractivity contribution is -0.136. The Morgan fingerprint density at radius 2 is 1.95 bits per heavy atom. The molecule has 2 rings (SSSR count). The lowest BCUT2D eigenvalue weighted by atomic mass is 9.83. The van der Waals surface area contributed by atoms with Gasteiger partial charge >= 0.3 is 12.6 Å². The molecule has 3 nitrogen and oxygen atoms in total. The molecule has 110 valence electrons. The van der Waals surface area contributed by atoms with Crippen molar-refractivity contribution in [3.8, 4) is 0 Å². The summed E-state index contributed by atoms with van der Waals surface area (Å²) in [4.78, 5) is 11.7. The quantitative estimate of drug-likeness (QED) is 0.741. The van der Waals surface area contributed by atoms with Crippen molar-refractivity contribution >= 4 is 5.97 Å². The maximum Gasteiger partial charge on any atom is 0.387 e. The van der Waals surface area contributed by atoms with Crippen LogP contribution in [0.1, 0.15) is 32.6 Å². The van der Waals surface area contributed by atoms with Gasteiger partial charge in [0.25, 0.3) is 0 Å². The number of methoxy groups -OCH3 is 1. The van der Waals surface area contributed by atoms with Gasteiger partial charge < -0.3 is 9.47 Å². The minimum absolute atomic E-state index is 0.178. The van der Waals surface area contributed by atoms with Crippen LogP contribution in [-0.2, 0) is 14.3 Å². The Hall–Kier alpha value is -1.65. The minimum Gasteiger partial charge on any atom is -0.466 e. The minimum atomic E-state index is -2.86. The first-order chi connectivity index (χ1) is 9.54. The zero-order valence-electron chi connectivity index (χ0n) is 11.6. The SMILES string of the molecule is COC(=O)C1=CC=C(OC(F)F)C(=C2CCCC2)C1C. The largest absolute Gasteiger partial charge is 0.466 e. The van der Waals surface area contributed by atoms with Crippen LogP contribution in [0.2, 0.25) is 0 Å². The van der Waals surface area contributed by atoms with Crippen LogP contribution < -0.4 is 0 Å². The molecule has 0 saturated heterocycles. The summed E-state index contributed by atoms with van der Waals surface area (Å²) in [7, 11) is 1.31. The van der Waals surface area contributed by atoms with Crippen LogP contribution in [0.25, 0.3) is 0 Å². The number of alkyl halides is 2. The highest BCUT2D eigenvalue weighted by Gasteiger charge is 2.31. The monoisotopic (exact) mass is 284 g/mol. The topological polar surface area (TPSA) is 35.5 Å². The summed E-state index contributed by atoms with van der Waals surface area (Å²) in [5, 5.41) is 0. The predicted molar refractivity (Wildman–Crippen MR) is 69.9 cm³/mol. The van der Waals surface area contributed by atoms with Crippen LogP contribution in [0.15, 0.2) is 34.6 Å². The van der Waals surface area contributed by atoms with E-state index in [2.05, 4.69) is 4.74 Å². The molecule has 2 aliphatic rings. The van der Waals surface area contributed by atoms with Crippen molar-refractivity contribution in [1.29, 1.82) is 0 Å². The zero-order valence-corrected chi connectivity index (χ0v) is 11.6. The lowest BCUT2D eigenvalue weighted by Gasteiger charge is -2.26. The molecule has 20 heavy (non-hydrogen) atoms. The van der Waals surface area contributed by atoms with Gasteiger partial charge in [0, 0.05) is 17.1 Å². The number of carbonyl (C=O) groups excluding carboxylic acids is 1. The first-order valence-electron chi connectivity index (χ1n) is 6.72. The van der Waals surface area contributed by atoms with E-state index in [0.717, 1.165) is 36.8 Å².